The fourth-order valence-electron chi connectivity index (χ4n) is 2.07. The van der Waals surface area contributed by atoms with E-state index in [1.165, 1.54) is 0 Å². The van der Waals surface area contributed by atoms with Gasteiger partial charge in [0.15, 0.2) is 0 Å². The Morgan fingerprint density at radius 1 is 1.26 bits per heavy atom. The summed E-state index contributed by atoms with van der Waals surface area (Å²) in [4.78, 5) is 14.0. The molecule has 1 aliphatic heterocycles. The van der Waals surface area contributed by atoms with Crippen LogP contribution in [0, 0.1) is 5.92 Å². The molecule has 0 aliphatic carbocycles. The highest BCUT2D eigenvalue weighted by molar-refractivity contribution is 5.77. The SMILES string of the molecule is CC(C)CCNC(=O)CNC(C)CN1CCOCC1. The zero-order chi connectivity index (χ0) is 14.1. The minimum atomic E-state index is 0.0921. The fourth-order valence-corrected chi connectivity index (χ4v) is 2.07. The van der Waals surface area contributed by atoms with E-state index in [9.17, 15) is 4.79 Å². The molecule has 0 radical (unpaired) electrons. The van der Waals surface area contributed by atoms with Crippen molar-refractivity contribution in [1.29, 1.82) is 0 Å². The van der Waals surface area contributed by atoms with E-state index in [1.54, 1.807) is 0 Å². The maximum Gasteiger partial charge on any atom is 0.233 e. The fraction of sp³-hybridized carbons (Fsp3) is 0.929. The van der Waals surface area contributed by atoms with Crippen LogP contribution in [0.2, 0.25) is 0 Å². The summed E-state index contributed by atoms with van der Waals surface area (Å²) in [6.07, 6.45) is 1.04. The van der Waals surface area contributed by atoms with E-state index in [2.05, 4.69) is 36.3 Å². The maximum absolute atomic E-state index is 11.6. The number of amides is 1. The van der Waals surface area contributed by atoms with Gasteiger partial charge in [-0.3, -0.25) is 9.69 Å². The van der Waals surface area contributed by atoms with Crippen LogP contribution >= 0.6 is 0 Å². The first kappa shape index (κ1) is 16.4. The van der Waals surface area contributed by atoms with Crippen LogP contribution < -0.4 is 10.6 Å². The number of ether oxygens (including phenoxy) is 1. The molecule has 0 saturated carbocycles. The van der Waals surface area contributed by atoms with Crippen LogP contribution in [-0.4, -0.2) is 62.8 Å². The molecule has 1 fully saturated rings. The first-order chi connectivity index (χ1) is 9.08. The molecular weight excluding hydrogens is 242 g/mol. The number of nitrogens with one attached hydrogen (secondary N) is 2. The van der Waals surface area contributed by atoms with Gasteiger partial charge in [0, 0.05) is 32.2 Å². The van der Waals surface area contributed by atoms with Crippen LogP contribution in [0.5, 0.6) is 0 Å². The van der Waals surface area contributed by atoms with E-state index in [4.69, 9.17) is 4.74 Å². The average molecular weight is 271 g/mol. The second kappa shape index (κ2) is 9.28. The van der Waals surface area contributed by atoms with Crippen LogP contribution in [0.15, 0.2) is 0 Å². The van der Waals surface area contributed by atoms with Crippen molar-refractivity contribution in [3.63, 3.8) is 0 Å². The Morgan fingerprint density at radius 2 is 1.95 bits per heavy atom. The average Bonchev–Trinajstić information content (AvgIpc) is 2.37. The summed E-state index contributed by atoms with van der Waals surface area (Å²) in [5.74, 6) is 0.725. The molecule has 1 rings (SSSR count). The molecule has 0 aromatic rings. The zero-order valence-corrected chi connectivity index (χ0v) is 12.6. The molecule has 5 nitrogen and oxygen atoms in total. The van der Waals surface area contributed by atoms with E-state index in [1.807, 2.05) is 0 Å². The molecule has 112 valence electrons. The third-order valence-corrected chi connectivity index (χ3v) is 3.29. The van der Waals surface area contributed by atoms with Crippen molar-refractivity contribution in [1.82, 2.24) is 15.5 Å². The number of hydrogen-bond acceptors (Lipinski definition) is 4. The first-order valence-corrected chi connectivity index (χ1v) is 7.38. The van der Waals surface area contributed by atoms with Crippen molar-refractivity contribution in [3.8, 4) is 0 Å². The molecule has 1 saturated heterocycles. The molecule has 1 aliphatic rings. The lowest BCUT2D eigenvalue weighted by Gasteiger charge is -2.29. The molecule has 1 unspecified atom stereocenters. The molecule has 0 bridgehead atoms. The summed E-state index contributed by atoms with van der Waals surface area (Å²) in [5.41, 5.74) is 0. The molecular formula is C14H29N3O2. The Hall–Kier alpha value is -0.650. The number of carbonyl (C=O) groups excluding carboxylic acids is 1. The van der Waals surface area contributed by atoms with Crippen LogP contribution in [0.4, 0.5) is 0 Å². The minimum absolute atomic E-state index is 0.0921. The third-order valence-electron chi connectivity index (χ3n) is 3.29. The Bertz CT molecular complexity index is 253. The second-order valence-electron chi connectivity index (χ2n) is 5.73. The molecule has 1 atom stereocenters. The smallest absolute Gasteiger partial charge is 0.233 e. The summed E-state index contributed by atoms with van der Waals surface area (Å²) >= 11 is 0. The predicted molar refractivity (Wildman–Crippen MR) is 77.2 cm³/mol. The number of nitrogens with zero attached hydrogens (tertiary/aromatic N) is 1. The normalized spacial score (nSPS) is 18.5. The van der Waals surface area contributed by atoms with Gasteiger partial charge in [0.05, 0.1) is 19.8 Å². The lowest BCUT2D eigenvalue weighted by molar-refractivity contribution is -0.120. The minimum Gasteiger partial charge on any atom is -0.379 e. The Morgan fingerprint density at radius 3 is 2.58 bits per heavy atom. The number of rotatable bonds is 8. The van der Waals surface area contributed by atoms with Gasteiger partial charge in [0.1, 0.15) is 0 Å². The van der Waals surface area contributed by atoms with Crippen molar-refractivity contribution >= 4 is 5.91 Å². The van der Waals surface area contributed by atoms with Crippen LogP contribution in [0.1, 0.15) is 27.2 Å². The zero-order valence-electron chi connectivity index (χ0n) is 12.6. The summed E-state index contributed by atoms with van der Waals surface area (Å²) < 4.78 is 5.32. The standard InChI is InChI=1S/C14H29N3O2/c1-12(2)4-5-15-14(18)10-16-13(3)11-17-6-8-19-9-7-17/h12-13,16H,4-11H2,1-3H3,(H,15,18). The van der Waals surface area contributed by atoms with Gasteiger partial charge < -0.3 is 15.4 Å². The quantitative estimate of drug-likeness (QED) is 0.673. The summed E-state index contributed by atoms with van der Waals surface area (Å²) in [5, 5.41) is 6.21. The summed E-state index contributed by atoms with van der Waals surface area (Å²) in [6, 6.07) is 0.328. The molecule has 19 heavy (non-hydrogen) atoms. The van der Waals surface area contributed by atoms with Gasteiger partial charge in [-0.15, -0.1) is 0 Å². The van der Waals surface area contributed by atoms with Gasteiger partial charge in [0.25, 0.3) is 0 Å². The molecule has 5 heteroatoms. The van der Waals surface area contributed by atoms with E-state index in [-0.39, 0.29) is 5.91 Å². The molecule has 0 aromatic carbocycles. The highest BCUT2D eigenvalue weighted by Gasteiger charge is 2.13. The third kappa shape index (κ3) is 8.18. The van der Waals surface area contributed by atoms with Crippen molar-refractivity contribution in [2.75, 3.05) is 45.9 Å². The highest BCUT2D eigenvalue weighted by atomic mass is 16.5. The van der Waals surface area contributed by atoms with E-state index in [0.29, 0.717) is 18.5 Å². The number of morpholine rings is 1. The van der Waals surface area contributed by atoms with Gasteiger partial charge in [-0.25, -0.2) is 0 Å². The van der Waals surface area contributed by atoms with Crippen molar-refractivity contribution in [2.24, 2.45) is 5.92 Å². The second-order valence-corrected chi connectivity index (χ2v) is 5.73. The van der Waals surface area contributed by atoms with Gasteiger partial charge >= 0.3 is 0 Å². The van der Waals surface area contributed by atoms with Crippen molar-refractivity contribution in [2.45, 2.75) is 33.2 Å². The Balaban J connectivity index is 2.04. The topological polar surface area (TPSA) is 53.6 Å². The maximum atomic E-state index is 11.6. The van der Waals surface area contributed by atoms with E-state index >= 15 is 0 Å². The van der Waals surface area contributed by atoms with Gasteiger partial charge in [0.2, 0.25) is 5.91 Å². The van der Waals surface area contributed by atoms with E-state index < -0.39 is 0 Å². The first-order valence-electron chi connectivity index (χ1n) is 7.38. The molecule has 0 aromatic heterocycles. The lowest BCUT2D eigenvalue weighted by Crippen LogP contribution is -2.46. The Labute approximate surface area is 117 Å². The summed E-state index contributed by atoms with van der Waals surface area (Å²) in [7, 11) is 0. The summed E-state index contributed by atoms with van der Waals surface area (Å²) in [6.45, 7) is 12.2. The Kier molecular flexibility index (Phi) is 8.02. The van der Waals surface area contributed by atoms with Gasteiger partial charge in [-0.1, -0.05) is 13.8 Å². The molecule has 0 spiro atoms. The monoisotopic (exact) mass is 271 g/mol. The van der Waals surface area contributed by atoms with Crippen LogP contribution in [0.25, 0.3) is 0 Å². The van der Waals surface area contributed by atoms with Crippen LogP contribution in [-0.2, 0) is 9.53 Å². The van der Waals surface area contributed by atoms with Crippen LogP contribution in [0.3, 0.4) is 0 Å². The largest absolute Gasteiger partial charge is 0.379 e. The molecule has 2 N–H and O–H groups in total. The molecule has 1 heterocycles. The highest BCUT2D eigenvalue weighted by Crippen LogP contribution is 1.98. The van der Waals surface area contributed by atoms with Gasteiger partial charge in [-0.2, -0.15) is 0 Å². The van der Waals surface area contributed by atoms with Gasteiger partial charge in [-0.05, 0) is 19.3 Å². The molecule has 1 amide bonds. The number of hydrogen-bond donors (Lipinski definition) is 2. The lowest BCUT2D eigenvalue weighted by atomic mass is 10.1. The van der Waals surface area contributed by atoms with E-state index in [0.717, 1.165) is 45.8 Å². The van der Waals surface area contributed by atoms with Crippen molar-refractivity contribution < 1.29 is 9.53 Å². The van der Waals surface area contributed by atoms with Crippen molar-refractivity contribution in [3.05, 3.63) is 0 Å². The number of carbonyl (C=O) groups is 1. The predicted octanol–water partition coefficient (Wildman–Crippen LogP) is 0.459.